The molecule has 0 fully saturated rings. The molecule has 0 saturated carbocycles. The summed E-state index contributed by atoms with van der Waals surface area (Å²) < 4.78 is 0. The predicted octanol–water partition coefficient (Wildman–Crippen LogP) is 2.87. The van der Waals surface area contributed by atoms with Crippen LogP contribution in [0.2, 0.25) is 0 Å². The van der Waals surface area contributed by atoms with E-state index >= 15 is 0 Å². The van der Waals surface area contributed by atoms with Crippen molar-refractivity contribution in [1.82, 2.24) is 5.32 Å². The van der Waals surface area contributed by atoms with Gasteiger partial charge in [-0.25, -0.2) is 0 Å². The number of benzene rings is 2. The fourth-order valence-electron chi connectivity index (χ4n) is 2.49. The summed E-state index contributed by atoms with van der Waals surface area (Å²) in [7, 11) is 0. The van der Waals surface area contributed by atoms with Crippen molar-refractivity contribution in [2.45, 2.75) is 33.2 Å². The maximum Gasteiger partial charge on any atom is 0.224 e. The molecule has 1 atom stereocenters. The molecule has 21 heavy (non-hydrogen) atoms. The average Bonchev–Trinajstić information content (AvgIpc) is 2.44. The van der Waals surface area contributed by atoms with Crippen LogP contribution < -0.4 is 11.1 Å². The summed E-state index contributed by atoms with van der Waals surface area (Å²) in [5, 5.41) is 5.35. The van der Waals surface area contributed by atoms with E-state index in [1.165, 1.54) is 0 Å². The van der Waals surface area contributed by atoms with E-state index < -0.39 is 0 Å². The van der Waals surface area contributed by atoms with Crippen molar-refractivity contribution in [3.63, 3.8) is 0 Å². The summed E-state index contributed by atoms with van der Waals surface area (Å²) in [5.41, 5.74) is 6.79. The van der Waals surface area contributed by atoms with Gasteiger partial charge in [0.05, 0.1) is 6.42 Å². The number of nitrogens with one attached hydrogen (secondary N) is 1. The zero-order chi connectivity index (χ0) is 15.5. The Bertz CT molecular complexity index is 623. The van der Waals surface area contributed by atoms with Crippen LogP contribution in [0.25, 0.3) is 10.8 Å². The van der Waals surface area contributed by atoms with Crippen molar-refractivity contribution in [3.8, 4) is 0 Å². The standard InChI is InChI=1S/C18H24N2O/c1-18(2,3)16(12-19)20-17(21)11-14-9-6-8-13-7-4-5-10-15(13)14/h4-10,16H,11-12,19H2,1-3H3,(H,20,21). The Hall–Kier alpha value is -1.87. The van der Waals surface area contributed by atoms with E-state index in [0.717, 1.165) is 16.3 Å². The van der Waals surface area contributed by atoms with Gasteiger partial charge in [-0.3, -0.25) is 4.79 Å². The molecule has 0 heterocycles. The number of fused-ring (bicyclic) bond motifs is 1. The molecule has 0 aliphatic heterocycles. The largest absolute Gasteiger partial charge is 0.351 e. The lowest BCUT2D eigenvalue weighted by Gasteiger charge is -2.30. The van der Waals surface area contributed by atoms with Crippen molar-refractivity contribution in [3.05, 3.63) is 48.0 Å². The van der Waals surface area contributed by atoms with Crippen molar-refractivity contribution < 1.29 is 4.79 Å². The van der Waals surface area contributed by atoms with E-state index in [1.54, 1.807) is 0 Å². The molecule has 2 aromatic carbocycles. The van der Waals surface area contributed by atoms with Gasteiger partial charge >= 0.3 is 0 Å². The molecule has 0 aliphatic rings. The molecule has 3 heteroatoms. The van der Waals surface area contributed by atoms with Gasteiger partial charge in [0, 0.05) is 12.6 Å². The van der Waals surface area contributed by atoms with E-state index in [2.05, 4.69) is 44.3 Å². The van der Waals surface area contributed by atoms with Crippen LogP contribution in [0.3, 0.4) is 0 Å². The van der Waals surface area contributed by atoms with Gasteiger partial charge in [-0.15, -0.1) is 0 Å². The number of hydrogen-bond donors (Lipinski definition) is 2. The topological polar surface area (TPSA) is 55.1 Å². The Labute approximate surface area is 126 Å². The number of hydrogen-bond acceptors (Lipinski definition) is 2. The molecule has 0 aliphatic carbocycles. The maximum absolute atomic E-state index is 12.3. The quantitative estimate of drug-likeness (QED) is 0.907. The highest BCUT2D eigenvalue weighted by Crippen LogP contribution is 2.20. The molecule has 1 unspecified atom stereocenters. The predicted molar refractivity (Wildman–Crippen MR) is 88.1 cm³/mol. The molecule has 0 saturated heterocycles. The number of rotatable bonds is 4. The highest BCUT2D eigenvalue weighted by molar-refractivity contribution is 5.90. The smallest absolute Gasteiger partial charge is 0.224 e. The first kappa shape index (κ1) is 15.5. The highest BCUT2D eigenvalue weighted by Gasteiger charge is 2.24. The van der Waals surface area contributed by atoms with Gasteiger partial charge in [0.2, 0.25) is 5.91 Å². The fourth-order valence-corrected chi connectivity index (χ4v) is 2.49. The van der Waals surface area contributed by atoms with E-state index in [-0.39, 0.29) is 17.4 Å². The molecule has 0 radical (unpaired) electrons. The molecule has 0 bridgehead atoms. The summed E-state index contributed by atoms with van der Waals surface area (Å²) in [4.78, 5) is 12.3. The van der Waals surface area contributed by atoms with Crippen molar-refractivity contribution in [2.24, 2.45) is 11.1 Å². The van der Waals surface area contributed by atoms with Crippen LogP contribution in [0.15, 0.2) is 42.5 Å². The minimum absolute atomic E-state index is 0.0139. The number of carbonyl (C=O) groups excluding carboxylic acids is 1. The average molecular weight is 284 g/mol. The van der Waals surface area contributed by atoms with E-state index in [9.17, 15) is 4.79 Å². The van der Waals surface area contributed by atoms with Crippen molar-refractivity contribution in [2.75, 3.05) is 6.54 Å². The van der Waals surface area contributed by atoms with Gasteiger partial charge in [-0.05, 0) is 21.8 Å². The summed E-state index contributed by atoms with van der Waals surface area (Å²) in [6, 6.07) is 14.2. The second-order valence-electron chi connectivity index (χ2n) is 6.54. The van der Waals surface area contributed by atoms with E-state index in [0.29, 0.717) is 13.0 Å². The van der Waals surface area contributed by atoms with Crippen LogP contribution in [-0.4, -0.2) is 18.5 Å². The summed E-state index contributed by atoms with van der Waals surface area (Å²) in [5.74, 6) is 0.0247. The summed E-state index contributed by atoms with van der Waals surface area (Å²) in [6.45, 7) is 6.71. The third-order valence-electron chi connectivity index (χ3n) is 3.85. The van der Waals surface area contributed by atoms with Crippen LogP contribution in [0, 0.1) is 5.41 Å². The minimum Gasteiger partial charge on any atom is -0.351 e. The third-order valence-corrected chi connectivity index (χ3v) is 3.85. The van der Waals surface area contributed by atoms with E-state index in [1.807, 2.05) is 24.3 Å². The van der Waals surface area contributed by atoms with Crippen molar-refractivity contribution >= 4 is 16.7 Å². The first-order valence-electron chi connectivity index (χ1n) is 7.38. The molecule has 0 aromatic heterocycles. The number of carbonyl (C=O) groups is 1. The Morgan fingerprint density at radius 2 is 1.81 bits per heavy atom. The highest BCUT2D eigenvalue weighted by atomic mass is 16.1. The first-order chi connectivity index (χ1) is 9.91. The van der Waals surface area contributed by atoms with Crippen LogP contribution in [0.5, 0.6) is 0 Å². The molecular weight excluding hydrogens is 260 g/mol. The number of amides is 1. The Balaban J connectivity index is 2.15. The number of nitrogens with two attached hydrogens (primary N) is 1. The normalized spacial score (nSPS) is 13.1. The zero-order valence-corrected chi connectivity index (χ0v) is 13.0. The van der Waals surface area contributed by atoms with Gasteiger partial charge < -0.3 is 11.1 Å². The lowest BCUT2D eigenvalue weighted by atomic mass is 9.86. The van der Waals surface area contributed by atoms with Crippen LogP contribution in [-0.2, 0) is 11.2 Å². The first-order valence-corrected chi connectivity index (χ1v) is 7.38. The van der Waals surface area contributed by atoms with Crippen molar-refractivity contribution in [1.29, 1.82) is 0 Å². The Kier molecular flexibility index (Phi) is 4.63. The minimum atomic E-state index is -0.0385. The molecule has 0 spiro atoms. The van der Waals surface area contributed by atoms with Crippen LogP contribution >= 0.6 is 0 Å². The lowest BCUT2D eigenvalue weighted by Crippen LogP contribution is -2.48. The molecule has 2 aromatic rings. The lowest BCUT2D eigenvalue weighted by molar-refractivity contribution is -0.121. The summed E-state index contributed by atoms with van der Waals surface area (Å²) >= 11 is 0. The third kappa shape index (κ3) is 3.82. The Morgan fingerprint density at radius 1 is 1.14 bits per heavy atom. The van der Waals surface area contributed by atoms with Gasteiger partial charge in [-0.2, -0.15) is 0 Å². The monoisotopic (exact) mass is 284 g/mol. The summed E-state index contributed by atoms with van der Waals surface area (Å²) in [6.07, 6.45) is 0.383. The second-order valence-corrected chi connectivity index (χ2v) is 6.54. The second kappa shape index (κ2) is 6.27. The van der Waals surface area contributed by atoms with Crippen LogP contribution in [0.1, 0.15) is 26.3 Å². The van der Waals surface area contributed by atoms with Crippen LogP contribution in [0.4, 0.5) is 0 Å². The molecule has 3 nitrogen and oxygen atoms in total. The SMILES string of the molecule is CC(C)(C)C(CN)NC(=O)Cc1cccc2ccccc12. The van der Waals surface area contributed by atoms with Gasteiger partial charge in [0.15, 0.2) is 0 Å². The zero-order valence-electron chi connectivity index (χ0n) is 13.0. The molecule has 2 rings (SSSR count). The molecular formula is C18H24N2O. The van der Waals surface area contributed by atoms with Gasteiger partial charge in [-0.1, -0.05) is 63.2 Å². The molecule has 3 N–H and O–H groups in total. The van der Waals surface area contributed by atoms with E-state index in [4.69, 9.17) is 5.73 Å². The fraction of sp³-hybridized carbons (Fsp3) is 0.389. The molecule has 1 amide bonds. The van der Waals surface area contributed by atoms with Gasteiger partial charge in [0.1, 0.15) is 0 Å². The maximum atomic E-state index is 12.3. The van der Waals surface area contributed by atoms with Gasteiger partial charge in [0.25, 0.3) is 0 Å². The Morgan fingerprint density at radius 3 is 2.48 bits per heavy atom. The molecule has 112 valence electrons.